The molecule has 0 fully saturated rings. The van der Waals surface area contributed by atoms with Crippen molar-refractivity contribution < 1.29 is 80.0 Å². The number of rotatable bonds is 4. The van der Waals surface area contributed by atoms with Crippen LogP contribution in [0.2, 0.25) is 0 Å². The molecule has 6 aromatic rings. The van der Waals surface area contributed by atoms with Gasteiger partial charge in [-0.25, -0.2) is 4.79 Å². The van der Waals surface area contributed by atoms with Crippen LogP contribution in [0.3, 0.4) is 0 Å². The zero-order chi connectivity index (χ0) is 39.2. The van der Waals surface area contributed by atoms with Gasteiger partial charge in [0.1, 0.15) is 45.8 Å². The van der Waals surface area contributed by atoms with E-state index in [1.807, 2.05) is 0 Å². The lowest BCUT2D eigenvalue weighted by Crippen LogP contribution is -2.34. The van der Waals surface area contributed by atoms with Gasteiger partial charge >= 0.3 is 5.97 Å². The molecule has 2 unspecified atom stereocenters. The number of esters is 1. The molecule has 54 heavy (non-hydrogen) atoms. The summed E-state index contributed by atoms with van der Waals surface area (Å²) in [7, 11) is 0. The number of phenols is 11. The number of fused-ring (bicyclic) bond motifs is 2. The van der Waals surface area contributed by atoms with E-state index in [0.717, 1.165) is 42.5 Å². The van der Waals surface area contributed by atoms with Crippen LogP contribution in [0.1, 0.15) is 27.6 Å². The molecular weight excluding hydrogens is 716 g/mol. The molecule has 5 aromatic carbocycles. The Morgan fingerprint density at radius 2 is 1.22 bits per heavy atom. The molecule has 17 nitrogen and oxygen atoms in total. The van der Waals surface area contributed by atoms with Gasteiger partial charge in [0.05, 0.1) is 5.56 Å². The van der Waals surface area contributed by atoms with Crippen molar-refractivity contribution in [2.45, 2.75) is 18.6 Å². The van der Waals surface area contributed by atoms with Gasteiger partial charge in [0.2, 0.25) is 11.2 Å². The van der Waals surface area contributed by atoms with Gasteiger partial charge in [-0.2, -0.15) is 0 Å². The molecule has 0 spiro atoms. The number of hydrogen-bond acceptors (Lipinski definition) is 17. The average Bonchev–Trinajstić information content (AvgIpc) is 3.11. The monoisotopic (exact) mass is 744 g/mol. The van der Waals surface area contributed by atoms with Gasteiger partial charge in [0, 0.05) is 47.4 Å². The first-order valence-corrected chi connectivity index (χ1v) is 15.5. The maximum Gasteiger partial charge on any atom is 0.338 e. The van der Waals surface area contributed by atoms with Gasteiger partial charge in [-0.15, -0.1) is 0 Å². The molecule has 17 heteroatoms. The van der Waals surface area contributed by atoms with Crippen LogP contribution in [-0.2, 0) is 11.2 Å². The summed E-state index contributed by atoms with van der Waals surface area (Å²) in [6.07, 6.45) is -2.12. The third-order valence-corrected chi connectivity index (χ3v) is 8.23. The van der Waals surface area contributed by atoms with Crippen molar-refractivity contribution in [1.82, 2.24) is 0 Å². The minimum absolute atomic E-state index is 0.0461. The molecule has 1 aliphatic heterocycles. The zero-order valence-electron chi connectivity index (χ0n) is 27.2. The van der Waals surface area contributed by atoms with Crippen molar-refractivity contribution in [3.63, 3.8) is 0 Å². The summed E-state index contributed by atoms with van der Waals surface area (Å²) in [5.41, 5.74) is -0.566. The van der Waals surface area contributed by atoms with Crippen LogP contribution in [0.25, 0.3) is 22.3 Å². The van der Waals surface area contributed by atoms with Gasteiger partial charge < -0.3 is 75.2 Å². The number of carbonyl (C=O) groups is 1. The van der Waals surface area contributed by atoms with Gasteiger partial charge in [-0.1, -0.05) is 6.07 Å². The Kier molecular flexibility index (Phi) is 9.14. The van der Waals surface area contributed by atoms with Crippen LogP contribution < -0.4 is 10.2 Å². The molecule has 2 atom stereocenters. The molecule has 0 amide bonds. The van der Waals surface area contributed by atoms with Crippen molar-refractivity contribution in [3.05, 3.63) is 99.7 Å². The highest BCUT2D eigenvalue weighted by Gasteiger charge is 2.37. The van der Waals surface area contributed by atoms with Crippen LogP contribution in [0.5, 0.6) is 74.7 Å². The van der Waals surface area contributed by atoms with Gasteiger partial charge in [-0.05, 0) is 42.5 Å². The van der Waals surface area contributed by atoms with Crippen LogP contribution in [-0.4, -0.2) is 73.4 Å². The highest BCUT2D eigenvalue weighted by Crippen LogP contribution is 2.45. The van der Waals surface area contributed by atoms with Gasteiger partial charge in [-0.3, -0.25) is 4.79 Å². The van der Waals surface area contributed by atoms with E-state index >= 15 is 0 Å². The Balaban J connectivity index is 0.000000197. The lowest BCUT2D eigenvalue weighted by Gasteiger charge is -2.34. The topological polar surface area (TPSA) is 308 Å². The Hall–Kier alpha value is -7.82. The largest absolute Gasteiger partial charge is 0.508 e. The van der Waals surface area contributed by atoms with E-state index in [1.165, 1.54) is 30.3 Å². The summed E-state index contributed by atoms with van der Waals surface area (Å²) < 4.78 is 16.7. The van der Waals surface area contributed by atoms with Gasteiger partial charge in [0.15, 0.2) is 52.1 Å². The van der Waals surface area contributed by atoms with E-state index in [-0.39, 0.29) is 74.3 Å². The summed E-state index contributed by atoms with van der Waals surface area (Å²) in [5, 5.41) is 116. The summed E-state index contributed by atoms with van der Waals surface area (Å²) in [6, 6.07) is 13.7. The first-order valence-electron chi connectivity index (χ1n) is 15.5. The van der Waals surface area contributed by atoms with Crippen LogP contribution >= 0.6 is 0 Å². The van der Waals surface area contributed by atoms with Crippen molar-refractivity contribution in [2.75, 3.05) is 0 Å². The zero-order valence-corrected chi connectivity index (χ0v) is 27.2. The Morgan fingerprint density at radius 1 is 0.611 bits per heavy atom. The van der Waals surface area contributed by atoms with Crippen molar-refractivity contribution in [1.29, 1.82) is 0 Å². The highest BCUT2D eigenvalue weighted by atomic mass is 16.6. The van der Waals surface area contributed by atoms with Crippen LogP contribution in [0, 0.1) is 0 Å². The number of benzene rings is 5. The third-order valence-electron chi connectivity index (χ3n) is 8.23. The molecule has 0 saturated carbocycles. The average molecular weight is 745 g/mol. The molecule has 278 valence electrons. The second kappa shape index (κ2) is 13.7. The highest BCUT2D eigenvalue weighted by molar-refractivity contribution is 5.91. The molecule has 12 N–H and O–H groups in total. The van der Waals surface area contributed by atoms with E-state index in [9.17, 15) is 70.9 Å². The SMILES string of the molecule is O=C(OC1Cc2c(O)cc(O)cc2OC1c1ccc(O)c(O)c1)c1cc(O)c(O)c(O)c1.O=c1c(O)c(-c2ccc(O)c(O)c2)oc2cc(O)cc(O)c12. The summed E-state index contributed by atoms with van der Waals surface area (Å²) in [4.78, 5) is 24.8. The minimum Gasteiger partial charge on any atom is -0.508 e. The van der Waals surface area contributed by atoms with E-state index in [4.69, 9.17) is 13.9 Å². The second-order valence-electron chi connectivity index (χ2n) is 11.9. The molecule has 0 radical (unpaired) electrons. The number of phenolic OH excluding ortho intramolecular Hbond substituents is 11. The first-order chi connectivity index (χ1) is 25.5. The molecule has 0 bridgehead atoms. The van der Waals surface area contributed by atoms with Crippen molar-refractivity contribution in [3.8, 4) is 86.1 Å². The van der Waals surface area contributed by atoms with Crippen molar-refractivity contribution in [2.24, 2.45) is 0 Å². The van der Waals surface area contributed by atoms with Crippen LogP contribution in [0.4, 0.5) is 0 Å². The Bertz CT molecular complexity index is 2500. The lowest BCUT2D eigenvalue weighted by molar-refractivity contribution is -0.0189. The van der Waals surface area contributed by atoms with Crippen LogP contribution in [0.15, 0.2) is 82.0 Å². The smallest absolute Gasteiger partial charge is 0.338 e. The molecule has 1 aliphatic rings. The molecular formula is C37H28O17. The van der Waals surface area contributed by atoms with E-state index in [1.54, 1.807) is 0 Å². The first kappa shape index (κ1) is 36.0. The van der Waals surface area contributed by atoms with Gasteiger partial charge in [0.25, 0.3) is 0 Å². The maximum absolute atomic E-state index is 12.7. The quantitative estimate of drug-likeness (QED) is 0.0872. The van der Waals surface area contributed by atoms with E-state index < -0.39 is 63.9 Å². The molecule has 2 heterocycles. The standard InChI is InChI=1S/C22H18O10.C15H10O7/c23-11-6-14(25)12-8-19(32-22(30)10-4-16(27)20(29)17(28)5-10)21(31-18(12)7-11)9-1-2-13(24)15(26)3-9;16-7-4-10(19)12-11(5-7)22-15(14(21)13(12)20)6-1-2-8(17)9(18)3-6/h1-7,19,21,23-29H,8H2;1-5,16-19,21H. The van der Waals surface area contributed by atoms with E-state index in [2.05, 4.69) is 0 Å². The number of hydrogen-bond donors (Lipinski definition) is 12. The molecule has 7 rings (SSSR count). The molecule has 0 saturated heterocycles. The second-order valence-corrected chi connectivity index (χ2v) is 11.9. The fourth-order valence-electron chi connectivity index (χ4n) is 5.61. The summed E-state index contributed by atoms with van der Waals surface area (Å²) in [6.45, 7) is 0. The fourth-order valence-corrected chi connectivity index (χ4v) is 5.61. The maximum atomic E-state index is 12.7. The predicted molar refractivity (Wildman–Crippen MR) is 184 cm³/mol. The lowest BCUT2D eigenvalue weighted by atomic mass is 9.93. The molecule has 0 aliphatic carbocycles. The summed E-state index contributed by atoms with van der Waals surface area (Å²) >= 11 is 0. The number of carbonyl (C=O) groups excluding carboxylic acids is 1. The normalized spacial score (nSPS) is 14.7. The fraction of sp³-hybridized carbons (Fsp3) is 0.0811. The van der Waals surface area contributed by atoms with E-state index in [0.29, 0.717) is 5.56 Å². The Labute approximate surface area is 301 Å². The number of ether oxygens (including phenoxy) is 2. The minimum atomic E-state index is -1.06. The molecule has 1 aromatic heterocycles. The summed E-state index contributed by atoms with van der Waals surface area (Å²) in [5.74, 6) is -7.14. The number of aromatic hydroxyl groups is 12. The van der Waals surface area contributed by atoms with Crippen molar-refractivity contribution >= 4 is 16.9 Å². The third kappa shape index (κ3) is 6.79. The Morgan fingerprint density at radius 3 is 1.87 bits per heavy atom. The predicted octanol–water partition coefficient (Wildman–Crippen LogP) is 4.52.